The molecular weight excluding hydrogens is 290 g/mol. The maximum atomic E-state index is 12.4. The Morgan fingerprint density at radius 2 is 1.83 bits per heavy atom. The van der Waals surface area contributed by atoms with Gasteiger partial charge in [0, 0.05) is 11.1 Å². The smallest absolute Gasteiger partial charge is 0.251 e. The molecule has 0 unspecified atom stereocenters. The summed E-state index contributed by atoms with van der Waals surface area (Å²) in [7, 11) is 1.63. The molecule has 0 spiro atoms. The van der Waals surface area contributed by atoms with Crippen LogP contribution in [0.15, 0.2) is 48.5 Å². The Hall–Kier alpha value is -2.49. The molecule has 0 aliphatic carbocycles. The number of rotatable bonds is 7. The number of nitrogens with one attached hydrogen (secondary N) is 1. The Labute approximate surface area is 137 Å². The molecule has 0 aliphatic rings. The number of benzene rings is 2. The molecule has 1 atom stereocenters. The van der Waals surface area contributed by atoms with E-state index in [0.29, 0.717) is 12.2 Å². The lowest BCUT2D eigenvalue weighted by Gasteiger charge is -2.17. The number of hydrogen-bond acceptors (Lipinski definition) is 3. The van der Waals surface area contributed by atoms with Gasteiger partial charge < -0.3 is 14.8 Å². The van der Waals surface area contributed by atoms with E-state index >= 15 is 0 Å². The summed E-state index contributed by atoms with van der Waals surface area (Å²) in [6.07, 6.45) is 0.957. The summed E-state index contributed by atoms with van der Waals surface area (Å²) in [4.78, 5) is 12.4. The molecule has 0 bridgehead atoms. The van der Waals surface area contributed by atoms with Crippen molar-refractivity contribution in [3.8, 4) is 11.5 Å². The fourth-order valence-electron chi connectivity index (χ4n) is 2.30. The predicted molar refractivity (Wildman–Crippen MR) is 91.1 cm³/mol. The Balaban J connectivity index is 2.03. The van der Waals surface area contributed by atoms with Crippen LogP contribution in [0.25, 0.3) is 0 Å². The molecule has 1 N–H and O–H groups in total. The van der Waals surface area contributed by atoms with Crippen LogP contribution in [0.1, 0.15) is 42.2 Å². The minimum atomic E-state index is -0.144. The predicted octanol–water partition coefficient (Wildman–Crippen LogP) is 3.98. The highest BCUT2D eigenvalue weighted by molar-refractivity contribution is 5.94. The van der Waals surface area contributed by atoms with E-state index in [1.807, 2.05) is 43.3 Å². The normalized spacial score (nSPS) is 11.6. The van der Waals surface area contributed by atoms with E-state index in [9.17, 15) is 4.79 Å². The molecule has 0 fully saturated rings. The van der Waals surface area contributed by atoms with Gasteiger partial charge in [-0.05, 0) is 43.7 Å². The average molecular weight is 313 g/mol. The summed E-state index contributed by atoms with van der Waals surface area (Å²) in [5, 5.41) is 2.99. The van der Waals surface area contributed by atoms with Crippen LogP contribution < -0.4 is 14.8 Å². The van der Waals surface area contributed by atoms with Crippen LogP contribution in [-0.2, 0) is 0 Å². The van der Waals surface area contributed by atoms with Gasteiger partial charge in [0.1, 0.15) is 11.5 Å². The largest absolute Gasteiger partial charge is 0.496 e. The first-order valence-corrected chi connectivity index (χ1v) is 7.82. The van der Waals surface area contributed by atoms with Crippen molar-refractivity contribution in [1.29, 1.82) is 0 Å². The van der Waals surface area contributed by atoms with E-state index in [-0.39, 0.29) is 11.9 Å². The fourth-order valence-corrected chi connectivity index (χ4v) is 2.30. The average Bonchev–Trinajstić information content (AvgIpc) is 2.60. The number of ether oxygens (including phenoxy) is 2. The fraction of sp³-hybridized carbons (Fsp3) is 0.316. The number of hydrogen-bond donors (Lipinski definition) is 1. The highest BCUT2D eigenvalue weighted by Crippen LogP contribution is 2.24. The Bertz CT molecular complexity index is 637. The minimum absolute atomic E-state index is 0.120. The SMILES string of the molecule is CCCOc1ccc(C(=O)N[C@H](C)c2ccccc2OC)cc1. The van der Waals surface area contributed by atoms with Crippen molar-refractivity contribution in [3.63, 3.8) is 0 Å². The maximum Gasteiger partial charge on any atom is 0.251 e. The number of amides is 1. The lowest BCUT2D eigenvalue weighted by Crippen LogP contribution is -2.26. The molecule has 2 rings (SSSR count). The van der Waals surface area contributed by atoms with Crippen molar-refractivity contribution in [3.05, 3.63) is 59.7 Å². The highest BCUT2D eigenvalue weighted by atomic mass is 16.5. The van der Waals surface area contributed by atoms with Gasteiger partial charge in [-0.15, -0.1) is 0 Å². The van der Waals surface area contributed by atoms with Gasteiger partial charge in [0.15, 0.2) is 0 Å². The molecule has 1 amide bonds. The second kappa shape index (κ2) is 8.22. The van der Waals surface area contributed by atoms with Crippen molar-refractivity contribution in [2.45, 2.75) is 26.3 Å². The van der Waals surface area contributed by atoms with Crippen molar-refractivity contribution in [2.24, 2.45) is 0 Å². The van der Waals surface area contributed by atoms with Gasteiger partial charge in [-0.25, -0.2) is 0 Å². The number of para-hydroxylation sites is 1. The Kier molecular flexibility index (Phi) is 6.03. The van der Waals surface area contributed by atoms with Crippen molar-refractivity contribution in [1.82, 2.24) is 5.32 Å². The molecule has 0 aliphatic heterocycles. The third kappa shape index (κ3) is 4.49. The number of methoxy groups -OCH3 is 1. The van der Waals surface area contributed by atoms with E-state index in [1.165, 1.54) is 0 Å². The standard InChI is InChI=1S/C19H23NO3/c1-4-13-23-16-11-9-15(10-12-16)19(21)20-14(2)17-7-5-6-8-18(17)22-3/h5-12,14H,4,13H2,1-3H3,(H,20,21)/t14-/m1/s1. The highest BCUT2D eigenvalue weighted by Gasteiger charge is 2.14. The molecule has 0 radical (unpaired) electrons. The molecule has 0 saturated carbocycles. The van der Waals surface area contributed by atoms with Crippen LogP contribution in [0.2, 0.25) is 0 Å². The zero-order valence-corrected chi connectivity index (χ0v) is 13.8. The van der Waals surface area contributed by atoms with E-state index in [2.05, 4.69) is 12.2 Å². The van der Waals surface area contributed by atoms with E-state index < -0.39 is 0 Å². The molecule has 2 aromatic carbocycles. The van der Waals surface area contributed by atoms with Crippen LogP contribution in [-0.4, -0.2) is 19.6 Å². The van der Waals surface area contributed by atoms with E-state index in [4.69, 9.17) is 9.47 Å². The first-order valence-electron chi connectivity index (χ1n) is 7.82. The second-order valence-corrected chi connectivity index (χ2v) is 5.31. The summed E-state index contributed by atoms with van der Waals surface area (Å²) in [5.74, 6) is 1.43. The molecule has 4 nitrogen and oxygen atoms in total. The van der Waals surface area contributed by atoms with E-state index in [0.717, 1.165) is 23.5 Å². The van der Waals surface area contributed by atoms with Crippen molar-refractivity contribution >= 4 is 5.91 Å². The van der Waals surface area contributed by atoms with Crippen LogP contribution in [0.4, 0.5) is 0 Å². The first kappa shape index (κ1) is 16.9. The van der Waals surface area contributed by atoms with Crippen molar-refractivity contribution in [2.75, 3.05) is 13.7 Å². The van der Waals surface area contributed by atoms with Crippen LogP contribution in [0, 0.1) is 0 Å². The molecule has 4 heteroatoms. The maximum absolute atomic E-state index is 12.4. The minimum Gasteiger partial charge on any atom is -0.496 e. The summed E-state index contributed by atoms with van der Waals surface area (Å²) in [6, 6.07) is 14.7. The van der Waals surface area contributed by atoms with Crippen LogP contribution >= 0.6 is 0 Å². The summed E-state index contributed by atoms with van der Waals surface area (Å²) in [6.45, 7) is 4.67. The number of carbonyl (C=O) groups excluding carboxylic acids is 1. The van der Waals surface area contributed by atoms with Crippen molar-refractivity contribution < 1.29 is 14.3 Å². The molecule has 0 saturated heterocycles. The molecular formula is C19H23NO3. The zero-order chi connectivity index (χ0) is 16.7. The van der Waals surface area contributed by atoms with Gasteiger partial charge in [0.2, 0.25) is 0 Å². The first-order chi connectivity index (χ1) is 11.2. The monoisotopic (exact) mass is 313 g/mol. The van der Waals surface area contributed by atoms with E-state index in [1.54, 1.807) is 19.2 Å². The summed E-state index contributed by atoms with van der Waals surface area (Å²) >= 11 is 0. The van der Waals surface area contributed by atoms with Gasteiger partial charge >= 0.3 is 0 Å². The van der Waals surface area contributed by atoms with Crippen LogP contribution in [0.3, 0.4) is 0 Å². The third-order valence-electron chi connectivity index (χ3n) is 3.54. The van der Waals surface area contributed by atoms with Gasteiger partial charge in [-0.3, -0.25) is 4.79 Å². The molecule has 0 heterocycles. The second-order valence-electron chi connectivity index (χ2n) is 5.31. The Morgan fingerprint density at radius 3 is 2.48 bits per heavy atom. The molecule has 2 aromatic rings. The zero-order valence-electron chi connectivity index (χ0n) is 13.8. The van der Waals surface area contributed by atoms with Gasteiger partial charge in [-0.2, -0.15) is 0 Å². The summed E-state index contributed by atoms with van der Waals surface area (Å²) in [5.41, 5.74) is 1.56. The topological polar surface area (TPSA) is 47.6 Å². The molecule has 23 heavy (non-hydrogen) atoms. The van der Waals surface area contributed by atoms with Gasteiger partial charge in [-0.1, -0.05) is 25.1 Å². The van der Waals surface area contributed by atoms with Gasteiger partial charge in [0.25, 0.3) is 5.91 Å². The lowest BCUT2D eigenvalue weighted by molar-refractivity contribution is 0.0939. The van der Waals surface area contributed by atoms with Gasteiger partial charge in [0.05, 0.1) is 19.8 Å². The quantitative estimate of drug-likeness (QED) is 0.841. The summed E-state index contributed by atoms with van der Waals surface area (Å²) < 4.78 is 10.9. The number of carbonyl (C=O) groups is 1. The molecule has 122 valence electrons. The lowest BCUT2D eigenvalue weighted by atomic mass is 10.1. The Morgan fingerprint density at radius 1 is 1.13 bits per heavy atom. The third-order valence-corrected chi connectivity index (χ3v) is 3.54. The van der Waals surface area contributed by atoms with Crippen LogP contribution in [0.5, 0.6) is 11.5 Å². The molecule has 0 aromatic heterocycles.